The lowest BCUT2D eigenvalue weighted by Crippen LogP contribution is -1.92. The zero-order valence-corrected chi connectivity index (χ0v) is 26.6. The maximum absolute atomic E-state index is 5.15. The fraction of sp³-hybridized carbons (Fsp3) is 0. The first kappa shape index (κ1) is 28.1. The molecule has 0 radical (unpaired) electrons. The molecule has 0 N–H and O–H groups in total. The lowest BCUT2D eigenvalue weighted by molar-refractivity contribution is 1.05. The van der Waals surface area contributed by atoms with Crippen LogP contribution in [-0.4, -0.2) is 34.9 Å². The second-order valence-electron chi connectivity index (χ2n) is 12.3. The minimum Gasteiger partial charge on any atom is -0.254 e. The molecule has 0 bridgehead atoms. The molecule has 10 rings (SSSR count). The zero-order valence-electron chi connectivity index (χ0n) is 26.6. The zero-order chi connectivity index (χ0) is 33.0. The molecule has 0 unspecified atom stereocenters. The maximum atomic E-state index is 5.15. The van der Waals surface area contributed by atoms with Gasteiger partial charge in [0.2, 0.25) is 0 Å². The quantitative estimate of drug-likeness (QED) is 0.177. The average Bonchev–Trinajstić information content (AvgIpc) is 3.19. The molecule has 0 saturated carbocycles. The molecule has 0 saturated heterocycles. The number of nitrogens with zero attached hydrogens (tertiary/aromatic N) is 7. The number of fused-ring (bicyclic) bond motifs is 6. The Bertz CT molecular complexity index is 2940. The van der Waals surface area contributed by atoms with Gasteiger partial charge in [0.1, 0.15) is 18.3 Å². The van der Waals surface area contributed by atoms with Crippen LogP contribution in [0.3, 0.4) is 0 Å². The first-order valence-corrected chi connectivity index (χ1v) is 16.4. The molecule has 50 heavy (non-hydrogen) atoms. The highest BCUT2D eigenvalue weighted by atomic mass is 15.0. The third-order valence-corrected chi connectivity index (χ3v) is 9.34. The largest absolute Gasteiger partial charge is 0.254 e. The van der Waals surface area contributed by atoms with Crippen molar-refractivity contribution in [2.45, 2.75) is 0 Å². The Labute approximate surface area is 286 Å². The molecule has 0 atom stereocenters. The topological polar surface area (TPSA) is 90.2 Å². The number of benzene rings is 5. The Balaban J connectivity index is 1.01. The van der Waals surface area contributed by atoms with Crippen LogP contribution in [0.4, 0.5) is 0 Å². The van der Waals surface area contributed by atoms with Crippen molar-refractivity contribution < 1.29 is 0 Å². The molecule has 0 fully saturated rings. The first-order valence-electron chi connectivity index (χ1n) is 16.4. The van der Waals surface area contributed by atoms with E-state index in [1.54, 1.807) is 0 Å². The maximum Gasteiger partial charge on any atom is 0.181 e. The van der Waals surface area contributed by atoms with E-state index in [0.29, 0.717) is 5.82 Å². The summed E-state index contributed by atoms with van der Waals surface area (Å²) in [5.74, 6) is 0.560. The molecule has 0 aliphatic heterocycles. The summed E-state index contributed by atoms with van der Waals surface area (Å²) >= 11 is 0. The van der Waals surface area contributed by atoms with Gasteiger partial charge >= 0.3 is 0 Å². The Morgan fingerprint density at radius 2 is 0.940 bits per heavy atom. The summed E-state index contributed by atoms with van der Waals surface area (Å²) in [5, 5.41) is 6.56. The highest BCUT2D eigenvalue weighted by Gasteiger charge is 2.14. The molecule has 0 spiro atoms. The van der Waals surface area contributed by atoms with E-state index in [4.69, 9.17) is 15.0 Å². The molecule has 0 aliphatic rings. The van der Waals surface area contributed by atoms with E-state index in [1.165, 1.54) is 12.7 Å². The fourth-order valence-electron chi connectivity index (χ4n) is 6.88. The van der Waals surface area contributed by atoms with Crippen LogP contribution in [0.2, 0.25) is 0 Å². The van der Waals surface area contributed by atoms with Crippen LogP contribution in [0.25, 0.3) is 99.5 Å². The van der Waals surface area contributed by atoms with Gasteiger partial charge in [0.05, 0.1) is 33.5 Å². The smallest absolute Gasteiger partial charge is 0.181 e. The summed E-state index contributed by atoms with van der Waals surface area (Å²) in [6, 6.07) is 46.4. The van der Waals surface area contributed by atoms with Crippen molar-refractivity contribution in [3.8, 4) is 45.2 Å². The molecule has 5 heterocycles. The van der Waals surface area contributed by atoms with Gasteiger partial charge in [0.25, 0.3) is 0 Å². The van der Waals surface area contributed by atoms with Crippen LogP contribution < -0.4 is 0 Å². The van der Waals surface area contributed by atoms with Crippen molar-refractivity contribution in [1.29, 1.82) is 0 Å². The van der Waals surface area contributed by atoms with E-state index in [2.05, 4.69) is 135 Å². The number of aromatic nitrogens is 7. The van der Waals surface area contributed by atoms with E-state index in [-0.39, 0.29) is 0 Å². The van der Waals surface area contributed by atoms with Gasteiger partial charge in [-0.05, 0) is 70.4 Å². The summed E-state index contributed by atoms with van der Waals surface area (Å²) in [7, 11) is 0. The predicted octanol–water partition coefficient (Wildman–Crippen LogP) is 9.89. The van der Waals surface area contributed by atoms with Crippen LogP contribution in [0.5, 0.6) is 0 Å². The third kappa shape index (κ3) is 4.71. The Morgan fingerprint density at radius 3 is 1.62 bits per heavy atom. The summed E-state index contributed by atoms with van der Waals surface area (Å²) in [6.45, 7) is 0. The summed E-state index contributed by atoms with van der Waals surface area (Å²) < 4.78 is 0. The number of hydrogen-bond donors (Lipinski definition) is 0. The van der Waals surface area contributed by atoms with Gasteiger partial charge in [-0.15, -0.1) is 0 Å². The van der Waals surface area contributed by atoms with Crippen molar-refractivity contribution in [2.75, 3.05) is 0 Å². The molecule has 7 nitrogen and oxygen atoms in total. The second kappa shape index (κ2) is 11.3. The van der Waals surface area contributed by atoms with E-state index < -0.39 is 0 Å². The average molecular weight is 640 g/mol. The SMILES string of the molecule is c1cnc2c(c1)ccc1ccc(-c3ccc(-c4ccc5cc(-c6ccc7nc(-c8ncncn8)ccc7c6)ccc5n4)c4ccccc34)nc12. The fourth-order valence-corrected chi connectivity index (χ4v) is 6.88. The second-order valence-corrected chi connectivity index (χ2v) is 12.3. The van der Waals surface area contributed by atoms with E-state index in [0.717, 1.165) is 93.7 Å². The molecule has 0 aliphatic carbocycles. The van der Waals surface area contributed by atoms with Crippen LogP contribution >= 0.6 is 0 Å². The van der Waals surface area contributed by atoms with Crippen molar-refractivity contribution in [3.63, 3.8) is 0 Å². The van der Waals surface area contributed by atoms with Crippen LogP contribution in [0.15, 0.2) is 152 Å². The first-order chi connectivity index (χ1) is 24.7. The third-order valence-electron chi connectivity index (χ3n) is 9.34. The lowest BCUT2D eigenvalue weighted by atomic mass is 9.95. The van der Waals surface area contributed by atoms with Gasteiger partial charge in [-0.3, -0.25) is 4.98 Å². The Hall–Kier alpha value is -6.99. The molecule has 0 amide bonds. The van der Waals surface area contributed by atoms with E-state index >= 15 is 0 Å². The predicted molar refractivity (Wildman–Crippen MR) is 200 cm³/mol. The van der Waals surface area contributed by atoms with Gasteiger partial charge in [-0.25, -0.2) is 29.9 Å². The minimum atomic E-state index is 0.560. The lowest BCUT2D eigenvalue weighted by Gasteiger charge is -2.13. The Kier molecular flexibility index (Phi) is 6.35. The molecule has 232 valence electrons. The highest BCUT2D eigenvalue weighted by Crippen LogP contribution is 2.37. The van der Waals surface area contributed by atoms with Gasteiger partial charge in [-0.2, -0.15) is 0 Å². The molecule has 5 aromatic heterocycles. The summed E-state index contributed by atoms with van der Waals surface area (Å²) in [6.07, 6.45) is 4.80. The monoisotopic (exact) mass is 639 g/mol. The summed E-state index contributed by atoms with van der Waals surface area (Å²) in [4.78, 5) is 32.1. The van der Waals surface area contributed by atoms with Gasteiger partial charge in [0, 0.05) is 38.9 Å². The standard InChI is InChI=1S/C43H25N7/c1-2-6-33-32(5-1)34(14-15-35(33)39-18-9-27-8-7-26-4-3-21-45-41(26)42(27)50-39)38-19-12-30-22-28(10-16-36(30)48-38)29-11-17-37-31(23-29)13-20-40(49-37)43-46-24-44-25-47-43/h1-25H. The Morgan fingerprint density at radius 1 is 0.380 bits per heavy atom. The highest BCUT2D eigenvalue weighted by molar-refractivity contribution is 6.07. The molecular formula is C43H25N7. The molecule has 10 aromatic rings. The van der Waals surface area contributed by atoms with Gasteiger partial charge in [0.15, 0.2) is 5.82 Å². The van der Waals surface area contributed by atoms with Gasteiger partial charge in [-0.1, -0.05) is 84.9 Å². The van der Waals surface area contributed by atoms with Crippen molar-refractivity contribution in [1.82, 2.24) is 34.9 Å². The van der Waals surface area contributed by atoms with E-state index in [9.17, 15) is 0 Å². The minimum absolute atomic E-state index is 0.560. The van der Waals surface area contributed by atoms with Crippen molar-refractivity contribution in [3.05, 3.63) is 152 Å². The van der Waals surface area contributed by atoms with Gasteiger partial charge < -0.3 is 0 Å². The van der Waals surface area contributed by atoms with Crippen LogP contribution in [-0.2, 0) is 0 Å². The molecule has 7 heteroatoms. The van der Waals surface area contributed by atoms with E-state index in [1.807, 2.05) is 24.4 Å². The number of pyridine rings is 4. The van der Waals surface area contributed by atoms with Crippen LogP contribution in [0, 0.1) is 0 Å². The van der Waals surface area contributed by atoms with Crippen molar-refractivity contribution in [2.24, 2.45) is 0 Å². The van der Waals surface area contributed by atoms with Crippen molar-refractivity contribution >= 4 is 54.4 Å². The van der Waals surface area contributed by atoms with Crippen LogP contribution in [0.1, 0.15) is 0 Å². The molecular weight excluding hydrogens is 615 g/mol. The molecule has 5 aromatic carbocycles. The summed E-state index contributed by atoms with van der Waals surface area (Å²) in [5.41, 5.74) is 10.6. The number of rotatable bonds is 4. The normalized spacial score (nSPS) is 11.6. The number of hydrogen-bond acceptors (Lipinski definition) is 7.